The Hall–Kier alpha value is -1.75. The first-order valence-electron chi connectivity index (χ1n) is 6.04. The molecular formula is C13H19N3O2. The molecule has 98 valence electrons. The number of rotatable bonds is 3. The minimum atomic E-state index is -0.441. The second kappa shape index (κ2) is 4.86. The predicted molar refractivity (Wildman–Crippen MR) is 71.6 cm³/mol. The molecule has 1 aliphatic heterocycles. The minimum absolute atomic E-state index is 0.136. The highest BCUT2D eigenvalue weighted by atomic mass is 16.5. The molecule has 2 rings (SSSR count). The molecule has 0 bridgehead atoms. The van der Waals surface area contributed by atoms with Gasteiger partial charge in [-0.25, -0.2) is 0 Å². The van der Waals surface area contributed by atoms with Gasteiger partial charge >= 0.3 is 0 Å². The predicted octanol–water partition coefficient (Wildman–Crippen LogP) is 0.981. The van der Waals surface area contributed by atoms with E-state index in [-0.39, 0.29) is 12.1 Å². The summed E-state index contributed by atoms with van der Waals surface area (Å²) in [5.41, 5.74) is 13.1. The maximum Gasteiger partial charge on any atom is 0.250 e. The van der Waals surface area contributed by atoms with Gasteiger partial charge in [-0.3, -0.25) is 4.79 Å². The third-order valence-corrected chi connectivity index (χ3v) is 3.50. The van der Waals surface area contributed by atoms with Crippen LogP contribution in [0.5, 0.6) is 0 Å². The normalized spacial score (nSPS) is 23.0. The van der Waals surface area contributed by atoms with Crippen molar-refractivity contribution in [1.29, 1.82) is 0 Å². The fraction of sp³-hybridized carbons (Fsp3) is 0.462. The first kappa shape index (κ1) is 12.7. The van der Waals surface area contributed by atoms with Gasteiger partial charge in [-0.15, -0.1) is 0 Å². The molecule has 1 fully saturated rings. The molecule has 1 amide bonds. The van der Waals surface area contributed by atoms with E-state index in [2.05, 4.69) is 0 Å². The zero-order chi connectivity index (χ0) is 13.3. The highest BCUT2D eigenvalue weighted by molar-refractivity contribution is 5.99. The number of primary amides is 1. The van der Waals surface area contributed by atoms with E-state index >= 15 is 0 Å². The SMILES string of the molecule is CC1OCCC1N(C)c1cc(N)ccc1C(N)=O. The molecular weight excluding hydrogens is 230 g/mol. The van der Waals surface area contributed by atoms with Gasteiger partial charge in [0.25, 0.3) is 5.91 Å². The number of ether oxygens (including phenoxy) is 1. The van der Waals surface area contributed by atoms with Crippen LogP contribution in [-0.4, -0.2) is 31.7 Å². The number of hydrogen-bond acceptors (Lipinski definition) is 4. The van der Waals surface area contributed by atoms with Crippen LogP contribution in [0.1, 0.15) is 23.7 Å². The monoisotopic (exact) mass is 249 g/mol. The van der Waals surface area contributed by atoms with E-state index in [0.29, 0.717) is 11.3 Å². The van der Waals surface area contributed by atoms with Crippen molar-refractivity contribution in [2.45, 2.75) is 25.5 Å². The molecule has 1 aliphatic rings. The average Bonchev–Trinajstić information content (AvgIpc) is 2.74. The lowest BCUT2D eigenvalue weighted by Gasteiger charge is -2.30. The number of carbonyl (C=O) groups excluding carboxylic acids is 1. The molecule has 0 spiro atoms. The first-order valence-corrected chi connectivity index (χ1v) is 6.04. The van der Waals surface area contributed by atoms with Gasteiger partial charge in [0.05, 0.1) is 23.4 Å². The largest absolute Gasteiger partial charge is 0.399 e. The van der Waals surface area contributed by atoms with Crippen LogP contribution >= 0.6 is 0 Å². The highest BCUT2D eigenvalue weighted by Gasteiger charge is 2.29. The Labute approximate surface area is 107 Å². The molecule has 5 nitrogen and oxygen atoms in total. The molecule has 1 saturated heterocycles. The Balaban J connectivity index is 2.36. The number of nitrogens with two attached hydrogens (primary N) is 2. The van der Waals surface area contributed by atoms with Crippen molar-refractivity contribution in [3.8, 4) is 0 Å². The number of carbonyl (C=O) groups is 1. The quantitative estimate of drug-likeness (QED) is 0.782. The van der Waals surface area contributed by atoms with Crippen LogP contribution in [0.15, 0.2) is 18.2 Å². The lowest BCUT2D eigenvalue weighted by Crippen LogP contribution is -2.38. The van der Waals surface area contributed by atoms with Gasteiger partial charge in [-0.2, -0.15) is 0 Å². The summed E-state index contributed by atoms with van der Waals surface area (Å²) >= 11 is 0. The smallest absolute Gasteiger partial charge is 0.250 e. The highest BCUT2D eigenvalue weighted by Crippen LogP contribution is 2.28. The number of benzene rings is 1. The molecule has 2 atom stereocenters. The summed E-state index contributed by atoms with van der Waals surface area (Å²) in [6.07, 6.45) is 1.07. The summed E-state index contributed by atoms with van der Waals surface area (Å²) in [5.74, 6) is -0.441. The van der Waals surface area contributed by atoms with Crippen molar-refractivity contribution in [3.63, 3.8) is 0 Å². The maximum atomic E-state index is 11.5. The molecule has 1 heterocycles. The molecule has 0 radical (unpaired) electrons. The number of amides is 1. The third kappa shape index (κ3) is 2.26. The van der Waals surface area contributed by atoms with Gasteiger partial charge in [0.15, 0.2) is 0 Å². The van der Waals surface area contributed by atoms with Crippen molar-refractivity contribution in [2.75, 3.05) is 24.3 Å². The second-order valence-electron chi connectivity index (χ2n) is 4.68. The van der Waals surface area contributed by atoms with E-state index in [1.165, 1.54) is 0 Å². The standard InChI is InChI=1S/C13H19N3O2/c1-8-11(5-6-18-8)16(2)12-7-9(14)3-4-10(12)13(15)17/h3-4,7-8,11H,5-6,14H2,1-2H3,(H2,15,17). The summed E-state index contributed by atoms with van der Waals surface area (Å²) in [7, 11) is 1.94. The van der Waals surface area contributed by atoms with Crippen LogP contribution in [0.2, 0.25) is 0 Å². The van der Waals surface area contributed by atoms with Crippen LogP contribution in [0.3, 0.4) is 0 Å². The van der Waals surface area contributed by atoms with E-state index in [0.717, 1.165) is 18.7 Å². The van der Waals surface area contributed by atoms with E-state index in [1.54, 1.807) is 18.2 Å². The molecule has 1 aromatic carbocycles. The Morgan fingerprint density at radius 1 is 1.50 bits per heavy atom. The molecule has 4 N–H and O–H groups in total. The molecule has 18 heavy (non-hydrogen) atoms. The van der Waals surface area contributed by atoms with E-state index in [4.69, 9.17) is 16.2 Å². The Bertz CT molecular complexity index is 462. The third-order valence-electron chi connectivity index (χ3n) is 3.50. The Morgan fingerprint density at radius 3 is 2.78 bits per heavy atom. The topological polar surface area (TPSA) is 81.6 Å². The lowest BCUT2D eigenvalue weighted by molar-refractivity contribution is 0.0999. The van der Waals surface area contributed by atoms with Crippen molar-refractivity contribution in [1.82, 2.24) is 0 Å². The second-order valence-corrected chi connectivity index (χ2v) is 4.68. The summed E-state index contributed by atoms with van der Waals surface area (Å²) in [6.45, 7) is 2.77. The fourth-order valence-corrected chi connectivity index (χ4v) is 2.46. The van der Waals surface area contributed by atoms with Crippen molar-refractivity contribution in [3.05, 3.63) is 23.8 Å². The first-order chi connectivity index (χ1) is 8.50. The van der Waals surface area contributed by atoms with Crippen LogP contribution in [0, 0.1) is 0 Å². The van der Waals surface area contributed by atoms with Gasteiger partial charge in [-0.05, 0) is 31.5 Å². The molecule has 0 saturated carbocycles. The number of nitrogens with zero attached hydrogens (tertiary/aromatic N) is 1. The zero-order valence-electron chi connectivity index (χ0n) is 10.7. The van der Waals surface area contributed by atoms with Crippen LogP contribution < -0.4 is 16.4 Å². The summed E-state index contributed by atoms with van der Waals surface area (Å²) < 4.78 is 5.55. The van der Waals surface area contributed by atoms with Gasteiger partial charge in [0.1, 0.15) is 0 Å². The van der Waals surface area contributed by atoms with Crippen molar-refractivity contribution < 1.29 is 9.53 Å². The number of anilines is 2. The van der Waals surface area contributed by atoms with E-state index in [9.17, 15) is 4.79 Å². The average molecular weight is 249 g/mol. The Kier molecular flexibility index (Phi) is 3.43. The van der Waals surface area contributed by atoms with Gasteiger partial charge in [0, 0.05) is 19.3 Å². The lowest BCUT2D eigenvalue weighted by atomic mass is 10.1. The molecule has 1 aromatic rings. The van der Waals surface area contributed by atoms with E-state index in [1.807, 2.05) is 18.9 Å². The fourth-order valence-electron chi connectivity index (χ4n) is 2.46. The van der Waals surface area contributed by atoms with Gasteiger partial charge in [0.2, 0.25) is 0 Å². The van der Waals surface area contributed by atoms with Gasteiger partial charge < -0.3 is 21.1 Å². The number of likely N-dealkylation sites (N-methyl/N-ethyl adjacent to an activating group) is 1. The zero-order valence-corrected chi connectivity index (χ0v) is 10.7. The van der Waals surface area contributed by atoms with E-state index < -0.39 is 5.91 Å². The van der Waals surface area contributed by atoms with Crippen molar-refractivity contribution in [2.24, 2.45) is 5.73 Å². The Morgan fingerprint density at radius 2 is 2.22 bits per heavy atom. The van der Waals surface area contributed by atoms with Crippen LogP contribution in [0.25, 0.3) is 0 Å². The van der Waals surface area contributed by atoms with Crippen LogP contribution in [0.4, 0.5) is 11.4 Å². The van der Waals surface area contributed by atoms with Crippen molar-refractivity contribution >= 4 is 17.3 Å². The minimum Gasteiger partial charge on any atom is -0.399 e. The summed E-state index contributed by atoms with van der Waals surface area (Å²) in [6, 6.07) is 5.38. The van der Waals surface area contributed by atoms with Gasteiger partial charge in [-0.1, -0.05) is 0 Å². The maximum absolute atomic E-state index is 11.5. The summed E-state index contributed by atoms with van der Waals surface area (Å²) in [4.78, 5) is 13.5. The number of nitrogen functional groups attached to an aromatic ring is 1. The summed E-state index contributed by atoms with van der Waals surface area (Å²) in [5, 5.41) is 0. The molecule has 0 aromatic heterocycles. The van der Waals surface area contributed by atoms with Crippen LogP contribution in [-0.2, 0) is 4.74 Å². The number of hydrogen-bond donors (Lipinski definition) is 2. The molecule has 2 unspecified atom stereocenters. The molecule has 5 heteroatoms. The molecule has 0 aliphatic carbocycles.